The maximum atomic E-state index is 13.2. The van der Waals surface area contributed by atoms with Crippen LogP contribution in [0.15, 0.2) is 36.7 Å². The third-order valence-corrected chi connectivity index (χ3v) is 3.98. The lowest BCUT2D eigenvalue weighted by Gasteiger charge is -2.15. The third-order valence-electron chi connectivity index (χ3n) is 3.98. The second kappa shape index (κ2) is 6.91. The van der Waals surface area contributed by atoms with Crippen molar-refractivity contribution in [3.8, 4) is 0 Å². The Hall–Kier alpha value is -3.29. The van der Waals surface area contributed by atoms with Crippen LogP contribution < -0.4 is 10.6 Å². The lowest BCUT2D eigenvalue weighted by Crippen LogP contribution is -2.42. The number of aromatic nitrogens is 3. The van der Waals surface area contributed by atoms with E-state index in [1.807, 2.05) is 0 Å². The smallest absolute Gasteiger partial charge is 0.270 e. The standard InChI is InChI=1S/C18H18FN5O2/c1-10-9-13(19)5-6-14(10)23-16(25)12(3)21-17(26)15-11(2)22-18-20-7-4-8-24(15)18/h4-9,12H,1-3H3,(H,21,26)(H,23,25)/t12-/m1/s1. The van der Waals surface area contributed by atoms with Crippen LogP contribution in [0, 0.1) is 19.7 Å². The van der Waals surface area contributed by atoms with Crippen molar-refractivity contribution in [3.05, 3.63) is 59.4 Å². The molecule has 0 aliphatic carbocycles. The normalized spacial score (nSPS) is 12.0. The van der Waals surface area contributed by atoms with E-state index in [4.69, 9.17) is 0 Å². The molecule has 3 rings (SSSR count). The van der Waals surface area contributed by atoms with Crippen molar-refractivity contribution < 1.29 is 14.0 Å². The predicted octanol–water partition coefficient (Wildman–Crippen LogP) is 2.24. The number of imidazole rings is 1. The van der Waals surface area contributed by atoms with E-state index >= 15 is 0 Å². The molecule has 7 nitrogen and oxygen atoms in total. The van der Waals surface area contributed by atoms with Crippen molar-refractivity contribution in [2.45, 2.75) is 26.8 Å². The quantitative estimate of drug-likeness (QED) is 0.751. The summed E-state index contributed by atoms with van der Waals surface area (Å²) in [6.45, 7) is 4.97. The maximum Gasteiger partial charge on any atom is 0.270 e. The molecule has 2 aromatic heterocycles. The van der Waals surface area contributed by atoms with Gasteiger partial charge in [0.1, 0.15) is 17.6 Å². The minimum atomic E-state index is -0.798. The minimum Gasteiger partial charge on any atom is -0.339 e. The summed E-state index contributed by atoms with van der Waals surface area (Å²) >= 11 is 0. The van der Waals surface area contributed by atoms with Crippen LogP contribution in [0.1, 0.15) is 28.7 Å². The summed E-state index contributed by atoms with van der Waals surface area (Å²) in [4.78, 5) is 33.3. The van der Waals surface area contributed by atoms with Crippen LogP contribution in [0.4, 0.5) is 10.1 Å². The molecule has 0 aliphatic rings. The summed E-state index contributed by atoms with van der Waals surface area (Å²) in [6, 6.07) is 4.97. The molecule has 2 amide bonds. The Morgan fingerprint density at radius 1 is 1.27 bits per heavy atom. The number of benzene rings is 1. The zero-order valence-corrected chi connectivity index (χ0v) is 14.6. The Morgan fingerprint density at radius 3 is 2.77 bits per heavy atom. The number of carbonyl (C=O) groups is 2. The molecule has 0 fully saturated rings. The van der Waals surface area contributed by atoms with Crippen molar-refractivity contribution in [2.75, 3.05) is 5.32 Å². The summed E-state index contributed by atoms with van der Waals surface area (Å²) in [7, 11) is 0. The Balaban J connectivity index is 1.74. The van der Waals surface area contributed by atoms with Crippen molar-refractivity contribution in [2.24, 2.45) is 0 Å². The molecule has 26 heavy (non-hydrogen) atoms. The minimum absolute atomic E-state index is 0.325. The highest BCUT2D eigenvalue weighted by atomic mass is 19.1. The van der Waals surface area contributed by atoms with Gasteiger partial charge >= 0.3 is 0 Å². The SMILES string of the molecule is Cc1cc(F)ccc1NC(=O)[C@@H](C)NC(=O)c1c(C)nc2ncccn12. The fourth-order valence-electron chi connectivity index (χ4n) is 2.61. The van der Waals surface area contributed by atoms with Crippen LogP contribution in [-0.4, -0.2) is 32.2 Å². The van der Waals surface area contributed by atoms with E-state index < -0.39 is 17.9 Å². The van der Waals surface area contributed by atoms with Crippen molar-refractivity contribution in [3.63, 3.8) is 0 Å². The van der Waals surface area contributed by atoms with Crippen LogP contribution >= 0.6 is 0 Å². The second-order valence-corrected chi connectivity index (χ2v) is 5.98. The van der Waals surface area contributed by atoms with Crippen LogP contribution in [0.5, 0.6) is 0 Å². The van der Waals surface area contributed by atoms with Gasteiger partial charge in [-0.15, -0.1) is 0 Å². The Morgan fingerprint density at radius 2 is 2.04 bits per heavy atom. The van der Waals surface area contributed by atoms with Crippen molar-refractivity contribution >= 4 is 23.3 Å². The maximum absolute atomic E-state index is 13.2. The third kappa shape index (κ3) is 3.39. The molecule has 0 radical (unpaired) electrons. The fourth-order valence-corrected chi connectivity index (χ4v) is 2.61. The highest BCUT2D eigenvalue weighted by Crippen LogP contribution is 2.16. The lowest BCUT2D eigenvalue weighted by molar-refractivity contribution is -0.117. The van der Waals surface area contributed by atoms with E-state index in [-0.39, 0.29) is 5.82 Å². The number of halogens is 1. The van der Waals surface area contributed by atoms with E-state index in [0.717, 1.165) is 0 Å². The molecule has 3 aromatic rings. The number of fused-ring (bicyclic) bond motifs is 1. The molecule has 1 aromatic carbocycles. The molecule has 2 N–H and O–H groups in total. The largest absolute Gasteiger partial charge is 0.339 e. The second-order valence-electron chi connectivity index (χ2n) is 5.98. The summed E-state index contributed by atoms with van der Waals surface area (Å²) in [5, 5.41) is 5.34. The molecule has 8 heteroatoms. The van der Waals surface area contributed by atoms with Crippen molar-refractivity contribution in [1.29, 1.82) is 0 Å². The van der Waals surface area contributed by atoms with Gasteiger partial charge in [0.15, 0.2) is 0 Å². The average Bonchev–Trinajstić information content (AvgIpc) is 2.92. The molecule has 134 valence electrons. The summed E-state index contributed by atoms with van der Waals surface area (Å²) in [5.74, 6) is -0.799. The van der Waals surface area contributed by atoms with E-state index in [2.05, 4.69) is 20.6 Å². The molecule has 0 aliphatic heterocycles. The van der Waals surface area contributed by atoms with Gasteiger partial charge < -0.3 is 10.6 Å². The summed E-state index contributed by atoms with van der Waals surface area (Å²) in [5.41, 5.74) is 1.93. The first-order chi connectivity index (χ1) is 12.4. The van der Waals surface area contributed by atoms with Gasteiger partial charge in [0.05, 0.1) is 5.69 Å². The molecular weight excluding hydrogens is 337 g/mol. The monoisotopic (exact) mass is 355 g/mol. The van der Waals surface area contributed by atoms with Crippen LogP contribution in [0.25, 0.3) is 5.78 Å². The van der Waals surface area contributed by atoms with E-state index in [1.165, 1.54) is 18.2 Å². The van der Waals surface area contributed by atoms with Gasteiger partial charge in [-0.25, -0.2) is 14.4 Å². The number of hydrogen-bond acceptors (Lipinski definition) is 4. The zero-order chi connectivity index (χ0) is 18.8. The molecule has 0 saturated carbocycles. The van der Waals surface area contributed by atoms with Gasteiger partial charge in [0.25, 0.3) is 5.91 Å². The van der Waals surface area contributed by atoms with E-state index in [9.17, 15) is 14.0 Å². The Bertz CT molecular complexity index is 998. The summed E-state index contributed by atoms with van der Waals surface area (Å²) < 4.78 is 14.7. The molecule has 0 saturated heterocycles. The highest BCUT2D eigenvalue weighted by Gasteiger charge is 2.22. The number of hydrogen-bond donors (Lipinski definition) is 2. The van der Waals surface area contributed by atoms with Crippen LogP contribution in [0.2, 0.25) is 0 Å². The Kier molecular flexibility index (Phi) is 4.66. The molecular formula is C18H18FN5O2. The number of carbonyl (C=O) groups excluding carboxylic acids is 2. The molecule has 0 bridgehead atoms. The number of amides is 2. The number of anilines is 1. The predicted molar refractivity (Wildman–Crippen MR) is 94.4 cm³/mol. The van der Waals surface area contributed by atoms with Gasteiger partial charge in [-0.05, 0) is 50.6 Å². The number of nitrogens with zero attached hydrogens (tertiary/aromatic N) is 3. The van der Waals surface area contributed by atoms with Crippen LogP contribution in [-0.2, 0) is 4.79 Å². The van der Waals surface area contributed by atoms with Gasteiger partial charge in [0.2, 0.25) is 11.7 Å². The average molecular weight is 355 g/mol. The Labute approximate surface area is 149 Å². The van der Waals surface area contributed by atoms with E-state index in [0.29, 0.717) is 28.4 Å². The summed E-state index contributed by atoms with van der Waals surface area (Å²) in [6.07, 6.45) is 3.27. The van der Waals surface area contributed by atoms with Gasteiger partial charge in [0, 0.05) is 18.1 Å². The topological polar surface area (TPSA) is 88.4 Å². The number of nitrogens with one attached hydrogen (secondary N) is 2. The molecule has 0 spiro atoms. The first-order valence-corrected chi connectivity index (χ1v) is 8.04. The first kappa shape index (κ1) is 17.5. The molecule has 1 atom stereocenters. The number of aryl methyl sites for hydroxylation is 2. The van der Waals surface area contributed by atoms with Crippen molar-refractivity contribution in [1.82, 2.24) is 19.7 Å². The molecule has 0 unspecified atom stereocenters. The first-order valence-electron chi connectivity index (χ1n) is 8.04. The van der Waals surface area contributed by atoms with Crippen LogP contribution in [0.3, 0.4) is 0 Å². The zero-order valence-electron chi connectivity index (χ0n) is 14.6. The number of rotatable bonds is 4. The van der Waals surface area contributed by atoms with E-state index in [1.54, 1.807) is 43.6 Å². The van der Waals surface area contributed by atoms with Gasteiger partial charge in [-0.3, -0.25) is 14.0 Å². The van der Waals surface area contributed by atoms with Gasteiger partial charge in [-0.2, -0.15) is 0 Å². The molecule has 2 heterocycles. The van der Waals surface area contributed by atoms with Gasteiger partial charge in [-0.1, -0.05) is 0 Å². The fraction of sp³-hybridized carbons (Fsp3) is 0.222. The lowest BCUT2D eigenvalue weighted by atomic mass is 10.2. The highest BCUT2D eigenvalue weighted by molar-refractivity contribution is 6.01.